The summed E-state index contributed by atoms with van der Waals surface area (Å²) in [5, 5.41) is 4.43. The maximum atomic E-state index is 13.0. The quantitative estimate of drug-likeness (QED) is 0.375. The predicted molar refractivity (Wildman–Crippen MR) is 152 cm³/mol. The SMILES string of the molecule is COc1ccccc1C(=O)N1CCN(c2ccc(NC(=O)CS(=O)(=O)c3ccc4ccccc4c3)cc2)CC1. The van der Waals surface area contributed by atoms with Crippen molar-refractivity contribution in [2.75, 3.05) is 49.3 Å². The number of fused-ring (bicyclic) bond motifs is 1. The van der Waals surface area contributed by atoms with Gasteiger partial charge in [0.15, 0.2) is 9.84 Å². The second kappa shape index (κ2) is 11.2. The van der Waals surface area contributed by atoms with Crippen LogP contribution >= 0.6 is 0 Å². The molecule has 4 aromatic carbocycles. The molecule has 1 N–H and O–H groups in total. The Morgan fingerprint density at radius 1 is 0.821 bits per heavy atom. The Labute approximate surface area is 227 Å². The van der Waals surface area contributed by atoms with Crippen LogP contribution in [0.2, 0.25) is 0 Å². The number of hydrogen-bond donors (Lipinski definition) is 1. The average Bonchev–Trinajstić information content (AvgIpc) is 2.96. The third-order valence-corrected chi connectivity index (χ3v) is 8.44. The summed E-state index contributed by atoms with van der Waals surface area (Å²) in [6.45, 7) is 2.47. The van der Waals surface area contributed by atoms with Crippen LogP contribution in [0.1, 0.15) is 10.4 Å². The first-order valence-corrected chi connectivity index (χ1v) is 14.3. The minimum absolute atomic E-state index is 0.0520. The zero-order valence-electron chi connectivity index (χ0n) is 21.5. The van der Waals surface area contributed by atoms with Crippen molar-refractivity contribution in [3.63, 3.8) is 0 Å². The zero-order chi connectivity index (χ0) is 27.4. The lowest BCUT2D eigenvalue weighted by Gasteiger charge is -2.36. The molecule has 0 atom stereocenters. The first-order valence-electron chi connectivity index (χ1n) is 12.6. The van der Waals surface area contributed by atoms with Crippen LogP contribution in [0, 0.1) is 0 Å². The van der Waals surface area contributed by atoms with Crippen molar-refractivity contribution < 1.29 is 22.7 Å². The highest BCUT2D eigenvalue weighted by molar-refractivity contribution is 7.92. The number of benzene rings is 4. The number of anilines is 2. The van der Waals surface area contributed by atoms with E-state index in [4.69, 9.17) is 4.74 Å². The van der Waals surface area contributed by atoms with E-state index in [2.05, 4.69) is 10.2 Å². The van der Waals surface area contributed by atoms with Crippen LogP contribution in [0.5, 0.6) is 5.75 Å². The van der Waals surface area contributed by atoms with Gasteiger partial charge >= 0.3 is 0 Å². The molecule has 5 rings (SSSR count). The monoisotopic (exact) mass is 543 g/mol. The number of para-hydroxylation sites is 1. The molecule has 1 heterocycles. The standard InChI is InChI=1S/C30H29N3O5S/c1-38-28-9-5-4-8-27(28)30(35)33-18-16-32(17-19-33)25-13-11-24(12-14-25)31-29(34)21-39(36,37)26-15-10-22-6-2-3-7-23(22)20-26/h2-15,20H,16-19,21H2,1H3,(H,31,34). The van der Waals surface area contributed by atoms with E-state index in [-0.39, 0.29) is 10.8 Å². The molecule has 1 fully saturated rings. The fourth-order valence-electron chi connectivity index (χ4n) is 4.73. The number of carbonyl (C=O) groups is 2. The maximum Gasteiger partial charge on any atom is 0.257 e. The summed E-state index contributed by atoms with van der Waals surface area (Å²) in [6.07, 6.45) is 0. The van der Waals surface area contributed by atoms with Gasteiger partial charge in [-0.15, -0.1) is 0 Å². The van der Waals surface area contributed by atoms with E-state index in [9.17, 15) is 18.0 Å². The number of sulfone groups is 1. The second-order valence-corrected chi connectivity index (χ2v) is 11.3. The van der Waals surface area contributed by atoms with Crippen molar-refractivity contribution in [1.82, 2.24) is 4.90 Å². The van der Waals surface area contributed by atoms with E-state index >= 15 is 0 Å². The number of piperazine rings is 1. The summed E-state index contributed by atoms with van der Waals surface area (Å²) in [5.41, 5.74) is 2.03. The van der Waals surface area contributed by atoms with E-state index in [1.54, 1.807) is 43.5 Å². The lowest BCUT2D eigenvalue weighted by atomic mass is 10.1. The minimum Gasteiger partial charge on any atom is -0.496 e. The molecule has 200 valence electrons. The van der Waals surface area contributed by atoms with Gasteiger partial charge in [0, 0.05) is 37.6 Å². The molecule has 0 unspecified atom stereocenters. The van der Waals surface area contributed by atoms with E-state index in [0.717, 1.165) is 16.5 Å². The molecule has 4 aromatic rings. The topological polar surface area (TPSA) is 96.0 Å². The van der Waals surface area contributed by atoms with Crippen molar-refractivity contribution in [1.29, 1.82) is 0 Å². The fourth-order valence-corrected chi connectivity index (χ4v) is 5.89. The summed E-state index contributed by atoms with van der Waals surface area (Å²) in [4.78, 5) is 29.6. The fraction of sp³-hybridized carbons (Fsp3) is 0.200. The molecule has 1 aliphatic rings. The molecule has 8 nitrogen and oxygen atoms in total. The van der Waals surface area contributed by atoms with E-state index < -0.39 is 21.5 Å². The molecule has 39 heavy (non-hydrogen) atoms. The Kier molecular flexibility index (Phi) is 7.51. The minimum atomic E-state index is -3.79. The second-order valence-electron chi connectivity index (χ2n) is 9.34. The normalized spacial score (nSPS) is 13.8. The summed E-state index contributed by atoms with van der Waals surface area (Å²) in [5.74, 6) is -0.731. The third kappa shape index (κ3) is 5.88. The van der Waals surface area contributed by atoms with Crippen LogP contribution in [0.4, 0.5) is 11.4 Å². The predicted octanol–water partition coefficient (Wildman–Crippen LogP) is 4.22. The number of nitrogens with one attached hydrogen (secondary N) is 1. The number of nitrogens with zero attached hydrogens (tertiary/aromatic N) is 2. The lowest BCUT2D eigenvalue weighted by molar-refractivity contribution is -0.113. The van der Waals surface area contributed by atoms with Crippen molar-refractivity contribution in [2.45, 2.75) is 4.90 Å². The number of hydrogen-bond acceptors (Lipinski definition) is 6. The van der Waals surface area contributed by atoms with Crippen molar-refractivity contribution in [3.8, 4) is 5.75 Å². The van der Waals surface area contributed by atoms with Crippen LogP contribution in [0.15, 0.2) is 95.9 Å². The third-order valence-electron chi connectivity index (χ3n) is 6.82. The van der Waals surface area contributed by atoms with Gasteiger partial charge in [-0.1, -0.05) is 42.5 Å². The molecular formula is C30H29N3O5S. The smallest absolute Gasteiger partial charge is 0.257 e. The largest absolute Gasteiger partial charge is 0.496 e. The van der Waals surface area contributed by atoms with Crippen LogP contribution in [0.3, 0.4) is 0 Å². The van der Waals surface area contributed by atoms with Crippen LogP contribution in [-0.4, -0.2) is 64.2 Å². The van der Waals surface area contributed by atoms with Gasteiger partial charge in [-0.25, -0.2) is 8.42 Å². The first kappa shape index (κ1) is 26.2. The Hall–Kier alpha value is -4.37. The number of carbonyl (C=O) groups excluding carboxylic acids is 2. The molecule has 2 amide bonds. The van der Waals surface area contributed by atoms with Crippen molar-refractivity contribution in [2.24, 2.45) is 0 Å². The van der Waals surface area contributed by atoms with E-state index in [1.165, 1.54) is 6.07 Å². The molecule has 0 aliphatic carbocycles. The molecular weight excluding hydrogens is 514 g/mol. The van der Waals surface area contributed by atoms with Crippen LogP contribution < -0.4 is 15.0 Å². The highest BCUT2D eigenvalue weighted by Gasteiger charge is 2.24. The molecule has 1 saturated heterocycles. The summed E-state index contributed by atoms with van der Waals surface area (Å²) in [6, 6.07) is 26.8. The zero-order valence-corrected chi connectivity index (χ0v) is 22.4. The van der Waals surface area contributed by atoms with Crippen molar-refractivity contribution >= 4 is 43.8 Å². The van der Waals surface area contributed by atoms with Gasteiger partial charge in [-0.2, -0.15) is 0 Å². The molecule has 0 aromatic heterocycles. The maximum absolute atomic E-state index is 13.0. The van der Waals surface area contributed by atoms with Gasteiger partial charge in [0.2, 0.25) is 5.91 Å². The first-order chi connectivity index (χ1) is 18.8. The van der Waals surface area contributed by atoms with Gasteiger partial charge in [0.1, 0.15) is 11.5 Å². The molecule has 0 bridgehead atoms. The summed E-state index contributed by atoms with van der Waals surface area (Å²) >= 11 is 0. The van der Waals surface area contributed by atoms with Gasteiger partial charge in [0.05, 0.1) is 17.6 Å². The van der Waals surface area contributed by atoms with Gasteiger partial charge in [0.25, 0.3) is 5.91 Å². The Balaban J connectivity index is 1.16. The summed E-state index contributed by atoms with van der Waals surface area (Å²) in [7, 11) is -2.24. The Morgan fingerprint density at radius 2 is 1.49 bits per heavy atom. The van der Waals surface area contributed by atoms with Gasteiger partial charge < -0.3 is 19.9 Å². The molecule has 1 aliphatic heterocycles. The molecule has 0 spiro atoms. The molecule has 9 heteroatoms. The Bertz CT molecular complexity index is 1610. The van der Waals surface area contributed by atoms with E-state index in [1.807, 2.05) is 53.4 Å². The van der Waals surface area contributed by atoms with E-state index in [0.29, 0.717) is 43.2 Å². The van der Waals surface area contributed by atoms with Gasteiger partial charge in [-0.05, 0) is 59.3 Å². The van der Waals surface area contributed by atoms with Crippen molar-refractivity contribution in [3.05, 3.63) is 96.6 Å². The lowest BCUT2D eigenvalue weighted by Crippen LogP contribution is -2.48. The highest BCUT2D eigenvalue weighted by Crippen LogP contribution is 2.24. The number of amides is 2. The number of methoxy groups -OCH3 is 1. The van der Waals surface area contributed by atoms with Crippen LogP contribution in [-0.2, 0) is 14.6 Å². The summed E-state index contributed by atoms with van der Waals surface area (Å²) < 4.78 is 31.0. The molecule has 0 radical (unpaired) electrons. The molecule has 0 saturated carbocycles. The Morgan fingerprint density at radius 3 is 2.21 bits per heavy atom. The van der Waals surface area contributed by atoms with Gasteiger partial charge in [-0.3, -0.25) is 9.59 Å². The van der Waals surface area contributed by atoms with Crippen LogP contribution in [0.25, 0.3) is 10.8 Å². The highest BCUT2D eigenvalue weighted by atomic mass is 32.2. The number of rotatable bonds is 7. The average molecular weight is 544 g/mol. The number of ether oxygens (including phenoxy) is 1.